The molecule has 2 atom stereocenters. The maximum Gasteiger partial charge on any atom is 0.328 e. The highest BCUT2D eigenvalue weighted by molar-refractivity contribution is 7.10. The number of hydrogen-bond donors (Lipinski definition) is 5. The zero-order valence-corrected chi connectivity index (χ0v) is 18.9. The van der Waals surface area contributed by atoms with Gasteiger partial charge >= 0.3 is 11.9 Å². The van der Waals surface area contributed by atoms with Crippen molar-refractivity contribution in [1.82, 2.24) is 0 Å². The van der Waals surface area contributed by atoms with Gasteiger partial charge in [0.25, 0.3) is 0 Å². The van der Waals surface area contributed by atoms with Crippen LogP contribution in [-0.2, 0) is 9.59 Å². The van der Waals surface area contributed by atoms with Crippen molar-refractivity contribution in [2.24, 2.45) is 5.73 Å². The lowest BCUT2D eigenvalue weighted by Crippen LogP contribution is -2.31. The monoisotopic (exact) mass is 453 g/mol. The normalized spacial score (nSPS) is 12.4. The molecule has 8 heteroatoms. The van der Waals surface area contributed by atoms with E-state index >= 15 is 0 Å². The van der Waals surface area contributed by atoms with Crippen molar-refractivity contribution in [1.29, 1.82) is 0 Å². The third kappa shape index (κ3) is 16.2. The van der Waals surface area contributed by atoms with E-state index in [0.717, 1.165) is 23.3 Å². The van der Waals surface area contributed by atoms with E-state index in [2.05, 4.69) is 18.8 Å². The number of carboxylic acid groups (broad SMARTS) is 2. The van der Waals surface area contributed by atoms with Gasteiger partial charge in [-0.2, -0.15) is 0 Å². The highest BCUT2D eigenvalue weighted by atomic mass is 32.1. The van der Waals surface area contributed by atoms with Crippen LogP contribution in [0.4, 0.5) is 0 Å². The Balaban J connectivity index is 0.000000954. The SMILES string of the molecule is CCCCCCCCCCC#Cc1csc(C(O)[C@@H](N)CO)c1.O=C(O)/C=C\C(=O)O. The van der Waals surface area contributed by atoms with E-state index in [1.165, 1.54) is 56.3 Å². The molecule has 0 saturated heterocycles. The average molecular weight is 454 g/mol. The summed E-state index contributed by atoms with van der Waals surface area (Å²) in [6, 6.07) is 1.23. The highest BCUT2D eigenvalue weighted by Gasteiger charge is 2.17. The Kier molecular flexibility index (Phi) is 17.3. The summed E-state index contributed by atoms with van der Waals surface area (Å²) in [4.78, 5) is 19.9. The molecule has 0 radical (unpaired) electrons. The topological polar surface area (TPSA) is 141 Å². The van der Waals surface area contributed by atoms with E-state index in [-0.39, 0.29) is 6.61 Å². The Morgan fingerprint density at radius 2 is 1.61 bits per heavy atom. The van der Waals surface area contributed by atoms with Gasteiger partial charge in [-0.1, -0.05) is 63.7 Å². The molecule has 0 saturated carbocycles. The first kappa shape index (κ1) is 28.8. The Labute approximate surface area is 188 Å². The smallest absolute Gasteiger partial charge is 0.328 e. The molecule has 0 fully saturated rings. The van der Waals surface area contributed by atoms with Crippen molar-refractivity contribution in [3.05, 3.63) is 34.0 Å². The van der Waals surface area contributed by atoms with Crippen LogP contribution in [-0.4, -0.2) is 45.0 Å². The van der Waals surface area contributed by atoms with Crippen LogP contribution in [0, 0.1) is 11.8 Å². The van der Waals surface area contributed by atoms with Crippen LogP contribution in [0.25, 0.3) is 0 Å². The first-order chi connectivity index (χ1) is 14.8. The summed E-state index contributed by atoms with van der Waals surface area (Å²) in [5.74, 6) is 3.83. The first-order valence-corrected chi connectivity index (χ1v) is 11.5. The molecule has 6 N–H and O–H groups in total. The molecule has 1 unspecified atom stereocenters. The molecule has 0 amide bonds. The molecule has 1 aromatic heterocycles. The molecule has 1 aromatic rings. The minimum absolute atomic E-state index is 0.224. The third-order valence-electron chi connectivity index (χ3n) is 4.28. The van der Waals surface area contributed by atoms with Crippen LogP contribution >= 0.6 is 11.3 Å². The van der Waals surface area contributed by atoms with E-state index < -0.39 is 24.1 Å². The molecular formula is C23H35NO6S. The molecule has 7 nitrogen and oxygen atoms in total. The number of carbonyl (C=O) groups is 2. The summed E-state index contributed by atoms with van der Waals surface area (Å²) in [5.41, 5.74) is 6.56. The predicted molar refractivity (Wildman–Crippen MR) is 123 cm³/mol. The number of aliphatic carboxylic acids is 2. The number of carboxylic acids is 2. The summed E-state index contributed by atoms with van der Waals surface area (Å²) in [5, 5.41) is 36.5. The molecule has 174 valence electrons. The number of aliphatic hydroxyl groups is 2. The van der Waals surface area contributed by atoms with Gasteiger partial charge in [0.1, 0.15) is 6.10 Å². The number of rotatable bonds is 13. The van der Waals surface area contributed by atoms with Gasteiger partial charge in [0, 0.05) is 34.4 Å². The van der Waals surface area contributed by atoms with Gasteiger partial charge < -0.3 is 26.2 Å². The van der Waals surface area contributed by atoms with Crippen LogP contribution < -0.4 is 5.73 Å². The largest absolute Gasteiger partial charge is 0.478 e. The molecule has 0 aliphatic heterocycles. The van der Waals surface area contributed by atoms with Crippen LogP contribution in [0.1, 0.15) is 81.3 Å². The summed E-state index contributed by atoms with van der Waals surface area (Å²) in [6.45, 7) is 2.02. The number of thiophene rings is 1. The molecule has 0 aliphatic carbocycles. The minimum Gasteiger partial charge on any atom is -0.478 e. The zero-order chi connectivity index (χ0) is 23.5. The van der Waals surface area contributed by atoms with Gasteiger partial charge in [0.15, 0.2) is 0 Å². The van der Waals surface area contributed by atoms with Crippen molar-refractivity contribution in [2.45, 2.75) is 76.9 Å². The van der Waals surface area contributed by atoms with Crippen molar-refractivity contribution < 1.29 is 30.0 Å². The molecule has 0 bridgehead atoms. The summed E-state index contributed by atoms with van der Waals surface area (Å²) < 4.78 is 0. The average Bonchev–Trinajstić information content (AvgIpc) is 3.21. The molecule has 1 rings (SSSR count). The van der Waals surface area contributed by atoms with Gasteiger partial charge in [-0.15, -0.1) is 11.3 Å². The van der Waals surface area contributed by atoms with Crippen LogP contribution in [0.15, 0.2) is 23.6 Å². The maximum atomic E-state index is 9.93. The van der Waals surface area contributed by atoms with E-state index in [1.807, 2.05) is 11.4 Å². The second-order valence-corrected chi connectivity index (χ2v) is 8.01. The fourth-order valence-electron chi connectivity index (χ4n) is 2.54. The second kappa shape index (κ2) is 18.6. The number of aliphatic hydroxyl groups excluding tert-OH is 2. The zero-order valence-electron chi connectivity index (χ0n) is 18.1. The summed E-state index contributed by atoms with van der Waals surface area (Å²) >= 11 is 1.44. The fraction of sp³-hybridized carbons (Fsp3) is 0.565. The van der Waals surface area contributed by atoms with Crippen LogP contribution in [0.2, 0.25) is 0 Å². The van der Waals surface area contributed by atoms with Gasteiger partial charge in [-0.25, -0.2) is 9.59 Å². The van der Waals surface area contributed by atoms with Crippen LogP contribution in [0.3, 0.4) is 0 Å². The highest BCUT2D eigenvalue weighted by Crippen LogP contribution is 2.23. The third-order valence-corrected chi connectivity index (χ3v) is 5.29. The molecule has 0 aliphatic rings. The van der Waals surface area contributed by atoms with E-state index in [0.29, 0.717) is 12.2 Å². The predicted octanol–water partition coefficient (Wildman–Crippen LogP) is 3.70. The molecule has 0 spiro atoms. The van der Waals surface area contributed by atoms with E-state index in [9.17, 15) is 14.7 Å². The van der Waals surface area contributed by atoms with Crippen LogP contribution in [0.5, 0.6) is 0 Å². The lowest BCUT2D eigenvalue weighted by atomic mass is 10.1. The minimum atomic E-state index is -1.26. The van der Waals surface area contributed by atoms with Gasteiger partial charge in [0.2, 0.25) is 0 Å². The Morgan fingerprint density at radius 1 is 1.06 bits per heavy atom. The number of nitrogens with two attached hydrogens (primary N) is 1. The Bertz CT molecular complexity index is 703. The number of unbranched alkanes of at least 4 members (excludes halogenated alkanes) is 8. The fourth-order valence-corrected chi connectivity index (χ4v) is 3.44. The summed E-state index contributed by atoms with van der Waals surface area (Å²) in [6.07, 6.45) is 11.8. The van der Waals surface area contributed by atoms with Crippen molar-refractivity contribution in [2.75, 3.05) is 6.61 Å². The lowest BCUT2D eigenvalue weighted by molar-refractivity contribution is -0.134. The quantitative estimate of drug-likeness (QED) is 0.174. The van der Waals surface area contributed by atoms with E-state index in [4.69, 9.17) is 21.1 Å². The summed E-state index contributed by atoms with van der Waals surface area (Å²) in [7, 11) is 0. The maximum absolute atomic E-state index is 9.93. The molecular weight excluding hydrogens is 418 g/mol. The van der Waals surface area contributed by atoms with Gasteiger partial charge in [-0.05, 0) is 12.5 Å². The molecule has 31 heavy (non-hydrogen) atoms. The first-order valence-electron chi connectivity index (χ1n) is 10.6. The number of hydrogen-bond acceptors (Lipinski definition) is 6. The standard InChI is InChI=1S/C19H31NO2S.C4H4O4/c1-2-3-4-5-6-7-8-9-10-11-12-16-13-18(23-15-16)19(22)17(20)14-21;5-3(6)1-2-4(7)8/h13,15,17,19,21-22H,2-10,14,20H2,1H3;1-2H,(H,5,6)(H,7,8)/b;2-1-/t17-,19?;/m0./s1. The van der Waals surface area contributed by atoms with Crippen molar-refractivity contribution >= 4 is 23.3 Å². The second-order valence-electron chi connectivity index (χ2n) is 7.07. The Hall–Kier alpha value is -2.18. The van der Waals surface area contributed by atoms with Gasteiger partial charge in [-0.3, -0.25) is 0 Å². The molecule has 1 heterocycles. The van der Waals surface area contributed by atoms with Crippen molar-refractivity contribution in [3.63, 3.8) is 0 Å². The Morgan fingerprint density at radius 3 is 2.13 bits per heavy atom. The van der Waals surface area contributed by atoms with Crippen molar-refractivity contribution in [3.8, 4) is 11.8 Å². The van der Waals surface area contributed by atoms with Gasteiger partial charge in [0.05, 0.1) is 12.6 Å². The molecule has 0 aromatic carbocycles. The van der Waals surface area contributed by atoms with E-state index in [1.54, 1.807) is 0 Å². The lowest BCUT2D eigenvalue weighted by Gasteiger charge is -2.14.